The van der Waals surface area contributed by atoms with E-state index in [1.807, 2.05) is 36.4 Å². The van der Waals surface area contributed by atoms with Crippen molar-refractivity contribution >= 4 is 0 Å². The SMILES string of the molecule is COc1ccc(O)c(CNCCCOc2ccccc2)c1. The largest absolute Gasteiger partial charge is 0.508 e. The van der Waals surface area contributed by atoms with Gasteiger partial charge in [-0.2, -0.15) is 0 Å². The molecule has 0 fully saturated rings. The topological polar surface area (TPSA) is 50.7 Å². The van der Waals surface area contributed by atoms with Gasteiger partial charge in [-0.05, 0) is 43.3 Å². The summed E-state index contributed by atoms with van der Waals surface area (Å²) in [4.78, 5) is 0. The lowest BCUT2D eigenvalue weighted by atomic mass is 10.2. The van der Waals surface area contributed by atoms with Crippen molar-refractivity contribution in [1.82, 2.24) is 5.32 Å². The number of nitrogens with one attached hydrogen (secondary N) is 1. The molecule has 4 nitrogen and oxygen atoms in total. The quantitative estimate of drug-likeness (QED) is 0.733. The highest BCUT2D eigenvalue weighted by Crippen LogP contribution is 2.22. The molecule has 0 spiro atoms. The van der Waals surface area contributed by atoms with Gasteiger partial charge in [0.25, 0.3) is 0 Å². The minimum Gasteiger partial charge on any atom is -0.508 e. The molecule has 0 bridgehead atoms. The van der Waals surface area contributed by atoms with Crippen LogP contribution in [0.4, 0.5) is 0 Å². The van der Waals surface area contributed by atoms with Crippen molar-refractivity contribution in [3.8, 4) is 17.2 Å². The average molecular weight is 287 g/mol. The fraction of sp³-hybridized carbons (Fsp3) is 0.294. The van der Waals surface area contributed by atoms with Crippen LogP contribution in [0, 0.1) is 0 Å². The van der Waals surface area contributed by atoms with E-state index in [4.69, 9.17) is 9.47 Å². The number of ether oxygens (including phenoxy) is 2. The van der Waals surface area contributed by atoms with Crippen LogP contribution in [0.25, 0.3) is 0 Å². The minimum absolute atomic E-state index is 0.281. The lowest BCUT2D eigenvalue weighted by Crippen LogP contribution is -2.17. The first-order valence-electron chi connectivity index (χ1n) is 7.04. The molecule has 112 valence electrons. The molecule has 0 radical (unpaired) electrons. The number of phenols is 1. The highest BCUT2D eigenvalue weighted by molar-refractivity contribution is 5.39. The molecule has 0 heterocycles. The van der Waals surface area contributed by atoms with Gasteiger partial charge in [0.2, 0.25) is 0 Å². The molecule has 0 aliphatic heterocycles. The molecule has 0 aliphatic carbocycles. The van der Waals surface area contributed by atoms with E-state index >= 15 is 0 Å². The van der Waals surface area contributed by atoms with Crippen LogP contribution < -0.4 is 14.8 Å². The third-order valence-electron chi connectivity index (χ3n) is 3.11. The first kappa shape index (κ1) is 15.2. The van der Waals surface area contributed by atoms with E-state index in [1.165, 1.54) is 0 Å². The van der Waals surface area contributed by atoms with Gasteiger partial charge in [-0.3, -0.25) is 0 Å². The minimum atomic E-state index is 0.281. The summed E-state index contributed by atoms with van der Waals surface area (Å²) >= 11 is 0. The smallest absolute Gasteiger partial charge is 0.120 e. The fourth-order valence-electron chi connectivity index (χ4n) is 1.96. The van der Waals surface area contributed by atoms with Crippen molar-refractivity contribution in [2.75, 3.05) is 20.3 Å². The Bertz CT molecular complexity index is 543. The van der Waals surface area contributed by atoms with Crippen molar-refractivity contribution in [1.29, 1.82) is 0 Å². The molecule has 0 unspecified atom stereocenters. The molecule has 0 amide bonds. The van der Waals surface area contributed by atoms with Gasteiger partial charge < -0.3 is 19.9 Å². The zero-order valence-corrected chi connectivity index (χ0v) is 12.2. The van der Waals surface area contributed by atoms with Crippen LogP contribution in [0.2, 0.25) is 0 Å². The molecule has 0 aliphatic rings. The highest BCUT2D eigenvalue weighted by Gasteiger charge is 2.02. The Balaban J connectivity index is 1.66. The van der Waals surface area contributed by atoms with Crippen LogP contribution in [0.15, 0.2) is 48.5 Å². The molecule has 0 saturated carbocycles. The van der Waals surface area contributed by atoms with Gasteiger partial charge in [0.1, 0.15) is 17.2 Å². The number of aromatic hydroxyl groups is 1. The van der Waals surface area contributed by atoms with Gasteiger partial charge in [0.05, 0.1) is 13.7 Å². The van der Waals surface area contributed by atoms with Crippen molar-refractivity contribution < 1.29 is 14.6 Å². The average Bonchev–Trinajstić information content (AvgIpc) is 2.53. The Morgan fingerprint density at radius 2 is 1.86 bits per heavy atom. The van der Waals surface area contributed by atoms with Crippen LogP contribution >= 0.6 is 0 Å². The second-order valence-electron chi connectivity index (χ2n) is 4.69. The van der Waals surface area contributed by atoms with Crippen LogP contribution in [0.1, 0.15) is 12.0 Å². The number of hydrogen-bond acceptors (Lipinski definition) is 4. The highest BCUT2D eigenvalue weighted by atomic mass is 16.5. The van der Waals surface area contributed by atoms with Crippen molar-refractivity contribution in [2.24, 2.45) is 0 Å². The lowest BCUT2D eigenvalue weighted by Gasteiger charge is -2.09. The molecule has 0 saturated heterocycles. The fourth-order valence-corrected chi connectivity index (χ4v) is 1.96. The molecule has 2 aromatic carbocycles. The summed E-state index contributed by atoms with van der Waals surface area (Å²) in [5.74, 6) is 1.92. The van der Waals surface area contributed by atoms with Crippen LogP contribution in [-0.4, -0.2) is 25.4 Å². The van der Waals surface area contributed by atoms with E-state index in [9.17, 15) is 5.11 Å². The van der Waals surface area contributed by atoms with Gasteiger partial charge in [0, 0.05) is 12.1 Å². The molecule has 4 heteroatoms. The summed E-state index contributed by atoms with van der Waals surface area (Å²) in [7, 11) is 1.62. The van der Waals surface area contributed by atoms with E-state index in [1.54, 1.807) is 19.2 Å². The van der Waals surface area contributed by atoms with E-state index in [2.05, 4.69) is 5.32 Å². The van der Waals surface area contributed by atoms with E-state index in [-0.39, 0.29) is 5.75 Å². The van der Waals surface area contributed by atoms with Gasteiger partial charge in [-0.25, -0.2) is 0 Å². The lowest BCUT2D eigenvalue weighted by molar-refractivity contribution is 0.308. The first-order valence-corrected chi connectivity index (χ1v) is 7.04. The number of para-hydroxylation sites is 1. The van der Waals surface area contributed by atoms with Crippen molar-refractivity contribution in [2.45, 2.75) is 13.0 Å². The number of hydrogen-bond donors (Lipinski definition) is 2. The number of rotatable bonds is 8. The standard InChI is InChI=1S/C17H21NO3/c1-20-16-8-9-17(19)14(12-16)13-18-10-5-11-21-15-6-3-2-4-7-15/h2-4,6-9,12,18-19H,5,10-11,13H2,1H3. The summed E-state index contributed by atoms with van der Waals surface area (Å²) in [6, 6.07) is 15.0. The predicted molar refractivity (Wildman–Crippen MR) is 82.9 cm³/mol. The molecular weight excluding hydrogens is 266 g/mol. The van der Waals surface area contributed by atoms with Crippen LogP contribution in [0.3, 0.4) is 0 Å². The maximum Gasteiger partial charge on any atom is 0.120 e. The molecule has 21 heavy (non-hydrogen) atoms. The molecule has 2 rings (SSSR count). The Morgan fingerprint density at radius 3 is 2.62 bits per heavy atom. The summed E-state index contributed by atoms with van der Waals surface area (Å²) < 4.78 is 10.8. The van der Waals surface area contributed by atoms with E-state index < -0.39 is 0 Å². The second-order valence-corrected chi connectivity index (χ2v) is 4.69. The summed E-state index contributed by atoms with van der Waals surface area (Å²) in [5, 5.41) is 13.0. The maximum absolute atomic E-state index is 9.76. The Labute approximate surface area is 125 Å². The van der Waals surface area contributed by atoms with E-state index in [0.29, 0.717) is 13.2 Å². The number of phenolic OH excluding ortho intramolecular Hbond substituents is 1. The molecule has 2 aromatic rings. The zero-order valence-electron chi connectivity index (χ0n) is 12.2. The van der Waals surface area contributed by atoms with Crippen molar-refractivity contribution in [3.05, 3.63) is 54.1 Å². The Morgan fingerprint density at radius 1 is 1.05 bits per heavy atom. The third kappa shape index (κ3) is 5.00. The van der Waals surface area contributed by atoms with Crippen LogP contribution in [0.5, 0.6) is 17.2 Å². The summed E-state index contributed by atoms with van der Waals surface area (Å²) in [6.07, 6.45) is 0.902. The van der Waals surface area contributed by atoms with Gasteiger partial charge in [-0.1, -0.05) is 18.2 Å². The number of methoxy groups -OCH3 is 1. The summed E-state index contributed by atoms with van der Waals surface area (Å²) in [6.45, 7) is 2.10. The maximum atomic E-state index is 9.76. The first-order chi connectivity index (χ1) is 10.3. The molecule has 0 aromatic heterocycles. The van der Waals surface area contributed by atoms with Crippen molar-refractivity contribution in [3.63, 3.8) is 0 Å². The van der Waals surface area contributed by atoms with Gasteiger partial charge in [-0.15, -0.1) is 0 Å². The Kier molecular flexibility index (Phi) is 5.91. The normalized spacial score (nSPS) is 10.3. The predicted octanol–water partition coefficient (Wildman–Crippen LogP) is 2.96. The molecular formula is C17H21NO3. The third-order valence-corrected chi connectivity index (χ3v) is 3.11. The van der Waals surface area contributed by atoms with Gasteiger partial charge >= 0.3 is 0 Å². The van der Waals surface area contributed by atoms with E-state index in [0.717, 1.165) is 30.0 Å². The zero-order chi connectivity index (χ0) is 14.9. The van der Waals surface area contributed by atoms with Crippen LogP contribution in [-0.2, 0) is 6.54 Å². The Hall–Kier alpha value is -2.20. The number of benzene rings is 2. The monoisotopic (exact) mass is 287 g/mol. The molecule has 2 N–H and O–H groups in total. The van der Waals surface area contributed by atoms with Gasteiger partial charge in [0.15, 0.2) is 0 Å². The molecule has 0 atom stereocenters. The second kappa shape index (κ2) is 8.17. The summed E-state index contributed by atoms with van der Waals surface area (Å²) in [5.41, 5.74) is 0.832.